The summed E-state index contributed by atoms with van der Waals surface area (Å²) in [7, 11) is 0. The van der Waals surface area contributed by atoms with Crippen molar-refractivity contribution in [3.8, 4) is 11.3 Å². The highest BCUT2D eigenvalue weighted by Gasteiger charge is 2.09. The molecular formula is C12H10BrCl2NO. The third-order valence-electron chi connectivity index (χ3n) is 2.27. The third kappa shape index (κ3) is 3.24. The fraction of sp³-hybridized carbons (Fsp3) is 0.250. The maximum Gasteiger partial charge on any atom is 0.194 e. The van der Waals surface area contributed by atoms with Gasteiger partial charge in [-0.25, -0.2) is 4.98 Å². The largest absolute Gasteiger partial charge is 0.441 e. The van der Waals surface area contributed by atoms with Crippen molar-refractivity contribution in [1.82, 2.24) is 4.98 Å². The van der Waals surface area contributed by atoms with Gasteiger partial charge >= 0.3 is 0 Å². The van der Waals surface area contributed by atoms with Crippen molar-refractivity contribution in [3.63, 3.8) is 0 Å². The van der Waals surface area contributed by atoms with Crippen LogP contribution in [0.15, 0.2) is 33.3 Å². The first-order chi connectivity index (χ1) is 8.20. The maximum atomic E-state index is 6.14. The molecule has 0 saturated carbocycles. The zero-order chi connectivity index (χ0) is 12.3. The van der Waals surface area contributed by atoms with Gasteiger partial charge in [0.15, 0.2) is 11.7 Å². The van der Waals surface area contributed by atoms with Gasteiger partial charge in [0, 0.05) is 22.3 Å². The molecule has 0 N–H and O–H groups in total. The zero-order valence-corrected chi connectivity index (χ0v) is 12.0. The lowest BCUT2D eigenvalue weighted by molar-refractivity contribution is 0.503. The predicted molar refractivity (Wildman–Crippen MR) is 73.7 cm³/mol. The number of alkyl halides is 1. The number of aromatic nitrogens is 1. The molecule has 0 aliphatic heterocycles. The van der Waals surface area contributed by atoms with E-state index in [0.717, 1.165) is 22.9 Å². The smallest absolute Gasteiger partial charge is 0.194 e. The molecule has 2 rings (SSSR count). The van der Waals surface area contributed by atoms with Crippen molar-refractivity contribution in [3.05, 3.63) is 39.8 Å². The average molecular weight is 335 g/mol. The van der Waals surface area contributed by atoms with E-state index in [4.69, 9.17) is 27.6 Å². The van der Waals surface area contributed by atoms with Crippen LogP contribution in [0.2, 0.25) is 5.02 Å². The van der Waals surface area contributed by atoms with Crippen LogP contribution in [0.5, 0.6) is 0 Å². The molecule has 2 aromatic rings. The van der Waals surface area contributed by atoms with Gasteiger partial charge in [-0.15, -0.1) is 11.6 Å². The van der Waals surface area contributed by atoms with Gasteiger partial charge in [-0.3, -0.25) is 0 Å². The number of oxazole rings is 1. The molecule has 17 heavy (non-hydrogen) atoms. The standard InChI is InChI=1S/C12H10BrCl2NO/c13-8-3-4-9(10(15)6-8)11-7-16-12(17-11)2-1-5-14/h3-4,6-7H,1-2,5H2. The van der Waals surface area contributed by atoms with Gasteiger partial charge in [-0.05, 0) is 24.6 Å². The number of rotatable bonds is 4. The Morgan fingerprint density at radius 3 is 2.88 bits per heavy atom. The Morgan fingerprint density at radius 2 is 2.18 bits per heavy atom. The Kier molecular flexibility index (Phi) is 4.48. The normalized spacial score (nSPS) is 10.8. The number of halogens is 3. The predicted octanol–water partition coefficient (Wildman–Crippen LogP) is 4.93. The molecule has 0 aliphatic carbocycles. The first kappa shape index (κ1) is 12.9. The minimum absolute atomic E-state index is 0.608. The van der Waals surface area contributed by atoms with Crippen molar-refractivity contribution in [2.75, 3.05) is 5.88 Å². The Hall–Kier alpha value is -0.510. The molecule has 2 nitrogen and oxygen atoms in total. The van der Waals surface area contributed by atoms with Gasteiger partial charge in [-0.1, -0.05) is 27.5 Å². The molecule has 0 fully saturated rings. The molecule has 0 amide bonds. The third-order valence-corrected chi connectivity index (χ3v) is 3.35. The first-order valence-corrected chi connectivity index (χ1v) is 6.87. The van der Waals surface area contributed by atoms with Crippen molar-refractivity contribution in [2.24, 2.45) is 0 Å². The number of benzene rings is 1. The first-order valence-electron chi connectivity index (χ1n) is 5.17. The van der Waals surface area contributed by atoms with E-state index in [-0.39, 0.29) is 0 Å². The van der Waals surface area contributed by atoms with E-state index in [1.165, 1.54) is 0 Å². The molecule has 0 aliphatic rings. The fourth-order valence-electron chi connectivity index (χ4n) is 1.46. The second-order valence-electron chi connectivity index (χ2n) is 3.53. The minimum atomic E-state index is 0.608. The zero-order valence-electron chi connectivity index (χ0n) is 8.92. The Morgan fingerprint density at radius 1 is 1.35 bits per heavy atom. The summed E-state index contributed by atoms with van der Waals surface area (Å²) >= 11 is 15.1. The highest BCUT2D eigenvalue weighted by Crippen LogP contribution is 2.30. The monoisotopic (exact) mass is 333 g/mol. The summed E-state index contributed by atoms with van der Waals surface area (Å²) in [6, 6.07) is 5.65. The van der Waals surface area contributed by atoms with Gasteiger partial charge in [-0.2, -0.15) is 0 Å². The summed E-state index contributed by atoms with van der Waals surface area (Å²) in [6.07, 6.45) is 3.30. The van der Waals surface area contributed by atoms with Crippen LogP contribution in [-0.2, 0) is 6.42 Å². The highest BCUT2D eigenvalue weighted by atomic mass is 79.9. The maximum absolute atomic E-state index is 6.14. The van der Waals surface area contributed by atoms with Crippen LogP contribution in [0.1, 0.15) is 12.3 Å². The number of hydrogen-bond donors (Lipinski definition) is 0. The van der Waals surface area contributed by atoms with Crippen molar-refractivity contribution < 1.29 is 4.42 Å². The van der Waals surface area contributed by atoms with E-state index in [1.807, 2.05) is 18.2 Å². The van der Waals surface area contributed by atoms with E-state index >= 15 is 0 Å². The molecule has 0 saturated heterocycles. The van der Waals surface area contributed by atoms with Crippen LogP contribution in [0.25, 0.3) is 11.3 Å². The van der Waals surface area contributed by atoms with E-state index in [1.54, 1.807) is 6.20 Å². The van der Waals surface area contributed by atoms with Crippen LogP contribution in [0.3, 0.4) is 0 Å². The number of aryl methyl sites for hydroxylation is 1. The quantitative estimate of drug-likeness (QED) is 0.741. The molecule has 0 spiro atoms. The summed E-state index contributed by atoms with van der Waals surface area (Å²) in [5.41, 5.74) is 0.847. The van der Waals surface area contributed by atoms with Crippen molar-refractivity contribution in [1.29, 1.82) is 0 Å². The van der Waals surface area contributed by atoms with Gasteiger partial charge in [0.1, 0.15) is 0 Å². The second kappa shape index (κ2) is 5.89. The molecule has 0 atom stereocenters. The van der Waals surface area contributed by atoms with Gasteiger partial charge < -0.3 is 4.42 Å². The van der Waals surface area contributed by atoms with E-state index in [2.05, 4.69) is 20.9 Å². The summed E-state index contributed by atoms with van der Waals surface area (Å²) in [5, 5.41) is 0.638. The van der Waals surface area contributed by atoms with Crippen LogP contribution < -0.4 is 0 Å². The molecule has 1 aromatic carbocycles. The molecule has 1 aromatic heterocycles. The van der Waals surface area contributed by atoms with Crippen molar-refractivity contribution in [2.45, 2.75) is 12.8 Å². The van der Waals surface area contributed by atoms with Gasteiger partial charge in [0.25, 0.3) is 0 Å². The van der Waals surface area contributed by atoms with Gasteiger partial charge in [0.2, 0.25) is 0 Å². The number of hydrogen-bond acceptors (Lipinski definition) is 2. The summed E-state index contributed by atoms with van der Waals surface area (Å²) in [4.78, 5) is 4.20. The second-order valence-corrected chi connectivity index (χ2v) is 5.24. The molecular weight excluding hydrogens is 325 g/mol. The lowest BCUT2D eigenvalue weighted by Crippen LogP contribution is -1.84. The summed E-state index contributed by atoms with van der Waals surface area (Å²) in [6.45, 7) is 0. The lowest BCUT2D eigenvalue weighted by Gasteiger charge is -2.00. The van der Waals surface area contributed by atoms with Crippen LogP contribution in [0.4, 0.5) is 0 Å². The Labute approximate surface area is 118 Å². The summed E-state index contributed by atoms with van der Waals surface area (Å²) in [5.74, 6) is 1.99. The Bertz CT molecular complexity index is 513. The SMILES string of the molecule is ClCCCc1ncc(-c2ccc(Br)cc2Cl)o1. The summed E-state index contributed by atoms with van der Waals surface area (Å²) < 4.78 is 6.56. The van der Waals surface area contributed by atoms with Crippen LogP contribution >= 0.6 is 39.1 Å². The number of nitrogens with zero attached hydrogens (tertiary/aromatic N) is 1. The molecule has 1 heterocycles. The molecule has 5 heteroatoms. The highest BCUT2D eigenvalue weighted by molar-refractivity contribution is 9.10. The average Bonchev–Trinajstić information content (AvgIpc) is 2.75. The topological polar surface area (TPSA) is 26.0 Å². The Balaban J connectivity index is 2.24. The molecule has 0 unspecified atom stereocenters. The minimum Gasteiger partial charge on any atom is -0.441 e. The molecule has 0 radical (unpaired) electrons. The van der Waals surface area contributed by atoms with Gasteiger partial charge in [0.05, 0.1) is 11.2 Å². The van der Waals surface area contributed by atoms with Crippen molar-refractivity contribution >= 4 is 39.1 Å². The van der Waals surface area contributed by atoms with E-state index < -0.39 is 0 Å². The fourth-order valence-corrected chi connectivity index (χ4v) is 2.36. The lowest BCUT2D eigenvalue weighted by atomic mass is 10.2. The van der Waals surface area contributed by atoms with E-state index in [0.29, 0.717) is 22.6 Å². The van der Waals surface area contributed by atoms with E-state index in [9.17, 15) is 0 Å². The van der Waals surface area contributed by atoms with Crippen LogP contribution in [0, 0.1) is 0 Å². The molecule has 0 bridgehead atoms. The molecule has 90 valence electrons. The van der Waals surface area contributed by atoms with Crippen LogP contribution in [-0.4, -0.2) is 10.9 Å².